The number of anilines is 3. The van der Waals surface area contributed by atoms with Gasteiger partial charge < -0.3 is 19.4 Å². The Morgan fingerprint density at radius 1 is 1.07 bits per heavy atom. The summed E-state index contributed by atoms with van der Waals surface area (Å²) in [5.74, 6) is 1.66. The first-order chi connectivity index (χ1) is 14.6. The lowest BCUT2D eigenvalue weighted by Crippen LogP contribution is -2.47. The van der Waals surface area contributed by atoms with Crippen molar-refractivity contribution in [1.29, 1.82) is 0 Å². The molecule has 0 radical (unpaired) electrons. The topological polar surface area (TPSA) is 79.6 Å². The summed E-state index contributed by atoms with van der Waals surface area (Å²) in [7, 11) is 5.57. The van der Waals surface area contributed by atoms with Crippen LogP contribution < -0.4 is 20.3 Å². The molecule has 1 aliphatic heterocycles. The van der Waals surface area contributed by atoms with E-state index in [2.05, 4.69) is 24.8 Å². The fraction of sp³-hybridized carbons (Fsp3) is 0.429. The lowest BCUT2D eigenvalue weighted by atomic mass is 10.2. The summed E-state index contributed by atoms with van der Waals surface area (Å²) in [6.07, 6.45) is 3.40. The van der Waals surface area contributed by atoms with E-state index in [-0.39, 0.29) is 5.56 Å². The second-order valence-electron chi connectivity index (χ2n) is 7.52. The van der Waals surface area contributed by atoms with Gasteiger partial charge in [-0.1, -0.05) is 0 Å². The third-order valence-electron chi connectivity index (χ3n) is 5.36. The first kappa shape index (κ1) is 20.1. The summed E-state index contributed by atoms with van der Waals surface area (Å²) in [6, 6.07) is 7.78. The van der Waals surface area contributed by atoms with E-state index < -0.39 is 0 Å². The van der Waals surface area contributed by atoms with Crippen LogP contribution in [0.15, 0.2) is 41.6 Å². The van der Waals surface area contributed by atoms with Gasteiger partial charge in [-0.25, -0.2) is 9.97 Å². The maximum absolute atomic E-state index is 12.6. The molecule has 3 heterocycles. The molecule has 9 nitrogen and oxygen atoms in total. The number of hydrogen-bond acceptors (Lipinski definition) is 8. The van der Waals surface area contributed by atoms with Crippen LogP contribution in [0.4, 0.5) is 17.5 Å². The van der Waals surface area contributed by atoms with Crippen molar-refractivity contribution in [2.24, 2.45) is 0 Å². The number of ether oxygens (including phenoxy) is 1. The average Bonchev–Trinajstić information content (AvgIpc) is 2.78. The second-order valence-corrected chi connectivity index (χ2v) is 7.52. The molecule has 0 aliphatic carbocycles. The molecule has 1 aliphatic rings. The van der Waals surface area contributed by atoms with Crippen molar-refractivity contribution < 1.29 is 4.74 Å². The van der Waals surface area contributed by atoms with Crippen LogP contribution in [0.5, 0.6) is 0 Å². The molecule has 30 heavy (non-hydrogen) atoms. The van der Waals surface area contributed by atoms with E-state index in [0.29, 0.717) is 18.5 Å². The zero-order chi connectivity index (χ0) is 21.1. The van der Waals surface area contributed by atoms with E-state index >= 15 is 0 Å². The van der Waals surface area contributed by atoms with Gasteiger partial charge in [0.2, 0.25) is 5.95 Å². The molecule has 0 amide bonds. The standard InChI is InChI=1S/C21H27N7O2/c1-25(2)19-6-7-22-21(24-19)27-10-8-26(9-11-27)16-4-5-17-18(14-16)23-15-28(20(17)29)12-13-30-3/h4-7,14-15H,8-13H2,1-3H3. The van der Waals surface area contributed by atoms with Gasteiger partial charge in [0.25, 0.3) is 5.56 Å². The normalized spacial score (nSPS) is 14.4. The third-order valence-corrected chi connectivity index (χ3v) is 5.36. The first-order valence-electron chi connectivity index (χ1n) is 10.1. The number of benzene rings is 1. The predicted molar refractivity (Wildman–Crippen MR) is 119 cm³/mol. The molecule has 0 N–H and O–H groups in total. The summed E-state index contributed by atoms with van der Waals surface area (Å²) in [5.41, 5.74) is 1.76. The van der Waals surface area contributed by atoms with Gasteiger partial charge in [0.15, 0.2) is 0 Å². The molecular formula is C21H27N7O2. The zero-order valence-corrected chi connectivity index (χ0v) is 17.7. The molecule has 158 valence electrons. The van der Waals surface area contributed by atoms with Crippen LogP contribution in [0, 0.1) is 0 Å². The summed E-state index contributed by atoms with van der Waals surface area (Å²) in [4.78, 5) is 32.7. The number of fused-ring (bicyclic) bond motifs is 1. The maximum Gasteiger partial charge on any atom is 0.261 e. The van der Waals surface area contributed by atoms with Gasteiger partial charge in [-0.15, -0.1) is 0 Å². The Hall–Kier alpha value is -3.20. The number of rotatable bonds is 6. The van der Waals surface area contributed by atoms with Crippen molar-refractivity contribution >= 4 is 28.4 Å². The number of methoxy groups -OCH3 is 1. The Morgan fingerprint density at radius 3 is 2.57 bits per heavy atom. The Bertz CT molecular complexity index is 1070. The Kier molecular flexibility index (Phi) is 5.80. The van der Waals surface area contributed by atoms with Gasteiger partial charge in [-0.05, 0) is 24.3 Å². The van der Waals surface area contributed by atoms with Gasteiger partial charge in [-0.2, -0.15) is 4.98 Å². The number of nitrogens with zero attached hydrogens (tertiary/aromatic N) is 7. The summed E-state index contributed by atoms with van der Waals surface area (Å²) in [6.45, 7) is 4.36. The van der Waals surface area contributed by atoms with Crippen LogP contribution in [0.2, 0.25) is 0 Å². The van der Waals surface area contributed by atoms with Crippen LogP contribution >= 0.6 is 0 Å². The summed E-state index contributed by atoms with van der Waals surface area (Å²) in [5, 5.41) is 0.630. The molecule has 3 aromatic rings. The molecule has 0 unspecified atom stereocenters. The lowest BCUT2D eigenvalue weighted by Gasteiger charge is -2.36. The summed E-state index contributed by atoms with van der Waals surface area (Å²) < 4.78 is 6.65. The molecule has 1 fully saturated rings. The SMILES string of the molecule is COCCn1cnc2cc(N3CCN(c4nccc(N(C)C)n4)CC3)ccc2c1=O. The molecule has 9 heteroatoms. The molecule has 4 rings (SSSR count). The minimum atomic E-state index is -0.0358. The van der Waals surface area contributed by atoms with Gasteiger partial charge in [0.1, 0.15) is 5.82 Å². The van der Waals surface area contributed by atoms with Gasteiger partial charge in [0, 0.05) is 59.3 Å². The minimum Gasteiger partial charge on any atom is -0.383 e. The smallest absolute Gasteiger partial charge is 0.261 e. The fourth-order valence-electron chi connectivity index (χ4n) is 3.60. The summed E-state index contributed by atoms with van der Waals surface area (Å²) >= 11 is 0. The molecule has 0 bridgehead atoms. The van der Waals surface area contributed by atoms with E-state index in [0.717, 1.165) is 49.1 Å². The highest BCUT2D eigenvalue weighted by molar-refractivity contribution is 5.81. The highest BCUT2D eigenvalue weighted by atomic mass is 16.5. The van der Waals surface area contributed by atoms with E-state index in [1.807, 2.05) is 43.3 Å². The maximum atomic E-state index is 12.6. The van der Waals surface area contributed by atoms with E-state index in [1.165, 1.54) is 0 Å². The Labute approximate surface area is 175 Å². The van der Waals surface area contributed by atoms with Crippen molar-refractivity contribution in [3.05, 3.63) is 47.1 Å². The van der Waals surface area contributed by atoms with Crippen LogP contribution in [0.25, 0.3) is 10.9 Å². The first-order valence-corrected chi connectivity index (χ1v) is 10.1. The molecule has 1 aromatic carbocycles. The van der Waals surface area contributed by atoms with Gasteiger partial charge in [-0.3, -0.25) is 9.36 Å². The Balaban J connectivity index is 1.48. The van der Waals surface area contributed by atoms with E-state index in [9.17, 15) is 4.79 Å². The van der Waals surface area contributed by atoms with Crippen LogP contribution in [-0.2, 0) is 11.3 Å². The predicted octanol–water partition coefficient (Wildman–Crippen LogP) is 1.23. The third kappa shape index (κ3) is 4.06. The minimum absolute atomic E-state index is 0.0358. The number of hydrogen-bond donors (Lipinski definition) is 0. The van der Waals surface area contributed by atoms with Crippen LogP contribution in [0.1, 0.15) is 0 Å². The van der Waals surface area contributed by atoms with Crippen molar-refractivity contribution in [2.45, 2.75) is 6.54 Å². The highest BCUT2D eigenvalue weighted by Crippen LogP contribution is 2.22. The van der Waals surface area contributed by atoms with Gasteiger partial charge >= 0.3 is 0 Å². The number of aromatic nitrogens is 4. The van der Waals surface area contributed by atoms with Crippen molar-refractivity contribution in [1.82, 2.24) is 19.5 Å². The van der Waals surface area contributed by atoms with Crippen molar-refractivity contribution in [3.8, 4) is 0 Å². The van der Waals surface area contributed by atoms with Crippen LogP contribution in [0.3, 0.4) is 0 Å². The molecule has 0 atom stereocenters. The van der Waals surface area contributed by atoms with E-state index in [4.69, 9.17) is 4.74 Å². The molecule has 2 aromatic heterocycles. The van der Waals surface area contributed by atoms with E-state index in [1.54, 1.807) is 24.2 Å². The van der Waals surface area contributed by atoms with Gasteiger partial charge in [0.05, 0.1) is 30.4 Å². The number of piperazine rings is 1. The molecule has 1 saturated heterocycles. The van der Waals surface area contributed by atoms with Crippen LogP contribution in [-0.4, -0.2) is 73.5 Å². The zero-order valence-electron chi connectivity index (χ0n) is 17.7. The fourth-order valence-corrected chi connectivity index (χ4v) is 3.60. The highest BCUT2D eigenvalue weighted by Gasteiger charge is 2.20. The molecule has 0 spiro atoms. The quantitative estimate of drug-likeness (QED) is 0.601. The van der Waals surface area contributed by atoms with Crippen molar-refractivity contribution in [2.75, 3.05) is 68.7 Å². The largest absolute Gasteiger partial charge is 0.383 e. The lowest BCUT2D eigenvalue weighted by molar-refractivity contribution is 0.186. The second kappa shape index (κ2) is 8.66. The molecule has 0 saturated carbocycles. The Morgan fingerprint density at radius 2 is 1.83 bits per heavy atom. The van der Waals surface area contributed by atoms with Crippen molar-refractivity contribution in [3.63, 3.8) is 0 Å². The monoisotopic (exact) mass is 409 g/mol. The molecular weight excluding hydrogens is 382 g/mol. The average molecular weight is 409 g/mol.